The van der Waals surface area contributed by atoms with Gasteiger partial charge in [-0.1, -0.05) is 66.7 Å². The summed E-state index contributed by atoms with van der Waals surface area (Å²) in [5.74, 6) is 0.183. The molecule has 27 heavy (non-hydrogen) atoms. The summed E-state index contributed by atoms with van der Waals surface area (Å²) in [5.41, 5.74) is 2.61. The Balaban J connectivity index is 1.51. The summed E-state index contributed by atoms with van der Waals surface area (Å²) in [6.07, 6.45) is 0. The molecule has 0 bridgehead atoms. The van der Waals surface area contributed by atoms with Crippen molar-refractivity contribution in [3.63, 3.8) is 0 Å². The Morgan fingerprint density at radius 2 is 1.48 bits per heavy atom. The lowest BCUT2D eigenvalue weighted by molar-refractivity contribution is 0.0922. The number of benzene rings is 3. The average molecular weight is 356 g/mol. The molecule has 0 aliphatic heterocycles. The zero-order valence-electron chi connectivity index (χ0n) is 14.4. The zero-order chi connectivity index (χ0) is 18.6. The number of Topliss-reactive ketones (excluding diaryl/α,β-unsaturated/α-hetero) is 1. The van der Waals surface area contributed by atoms with Crippen molar-refractivity contribution in [2.45, 2.75) is 0 Å². The molecule has 0 atom stereocenters. The quantitative estimate of drug-likeness (QED) is 0.383. The highest BCUT2D eigenvalue weighted by molar-refractivity contribution is 5.98. The molecule has 0 aliphatic carbocycles. The number of hydrogen-bond acceptors (Lipinski definition) is 4. The Hall–Kier alpha value is -3.66. The molecule has 3 aromatic carbocycles. The molecule has 1 heterocycles. The van der Waals surface area contributed by atoms with Gasteiger partial charge < -0.3 is 9.15 Å². The van der Waals surface area contributed by atoms with Crippen LogP contribution in [-0.4, -0.2) is 12.4 Å². The van der Waals surface area contributed by atoms with E-state index in [9.17, 15) is 9.59 Å². The predicted octanol–water partition coefficient (Wildman–Crippen LogP) is 4.72. The fourth-order valence-corrected chi connectivity index (χ4v) is 2.91. The van der Waals surface area contributed by atoms with Crippen LogP contribution in [0, 0.1) is 0 Å². The second-order valence-corrected chi connectivity index (χ2v) is 6.08. The molecule has 0 fully saturated rings. The Kier molecular flexibility index (Phi) is 4.54. The van der Waals surface area contributed by atoms with Gasteiger partial charge in [0.1, 0.15) is 11.3 Å². The van der Waals surface area contributed by atoms with Crippen LogP contribution < -0.4 is 10.4 Å². The monoisotopic (exact) mass is 356 g/mol. The first-order valence-electron chi connectivity index (χ1n) is 8.55. The van der Waals surface area contributed by atoms with Crippen LogP contribution in [0.1, 0.15) is 10.4 Å². The highest BCUT2D eigenvalue weighted by Crippen LogP contribution is 2.24. The second-order valence-electron chi connectivity index (χ2n) is 6.08. The third-order valence-electron chi connectivity index (χ3n) is 4.28. The fraction of sp³-hybridized carbons (Fsp3) is 0.0435. The molecule has 0 N–H and O–H groups in total. The van der Waals surface area contributed by atoms with Crippen molar-refractivity contribution in [2.24, 2.45) is 0 Å². The van der Waals surface area contributed by atoms with Gasteiger partial charge in [-0.2, -0.15) is 0 Å². The van der Waals surface area contributed by atoms with E-state index in [1.54, 1.807) is 30.3 Å². The van der Waals surface area contributed by atoms with Gasteiger partial charge in [-0.05, 0) is 23.3 Å². The largest absolute Gasteiger partial charge is 0.484 e. The van der Waals surface area contributed by atoms with Gasteiger partial charge in [0.05, 0.1) is 11.5 Å². The van der Waals surface area contributed by atoms with E-state index in [4.69, 9.17) is 9.15 Å². The van der Waals surface area contributed by atoms with Crippen molar-refractivity contribution in [3.05, 3.63) is 101 Å². The second kappa shape index (κ2) is 7.30. The first-order valence-corrected chi connectivity index (χ1v) is 8.55. The molecule has 0 radical (unpaired) electrons. The minimum Gasteiger partial charge on any atom is -0.484 e. The molecule has 0 spiro atoms. The van der Waals surface area contributed by atoms with Crippen LogP contribution in [0.3, 0.4) is 0 Å². The maximum atomic E-state index is 12.5. The molecule has 1 aromatic heterocycles. The maximum absolute atomic E-state index is 12.5. The van der Waals surface area contributed by atoms with E-state index in [1.165, 1.54) is 6.07 Å². The van der Waals surface area contributed by atoms with E-state index in [2.05, 4.69) is 0 Å². The van der Waals surface area contributed by atoms with Crippen molar-refractivity contribution in [1.82, 2.24) is 0 Å². The van der Waals surface area contributed by atoms with Crippen LogP contribution in [0.5, 0.6) is 5.75 Å². The third kappa shape index (κ3) is 3.65. The van der Waals surface area contributed by atoms with Gasteiger partial charge in [0.15, 0.2) is 12.4 Å². The zero-order valence-corrected chi connectivity index (χ0v) is 14.4. The maximum Gasteiger partial charge on any atom is 0.339 e. The molecule has 132 valence electrons. The summed E-state index contributed by atoms with van der Waals surface area (Å²) in [6, 6.07) is 25.7. The molecule has 4 rings (SSSR count). The van der Waals surface area contributed by atoms with E-state index >= 15 is 0 Å². The van der Waals surface area contributed by atoms with Gasteiger partial charge in [-0.25, -0.2) is 4.79 Å². The summed E-state index contributed by atoms with van der Waals surface area (Å²) in [4.78, 5) is 24.1. The number of para-hydroxylation sites is 1. The van der Waals surface area contributed by atoms with Crippen molar-refractivity contribution < 1.29 is 13.9 Å². The minimum atomic E-state index is -0.511. The number of hydrogen-bond donors (Lipinski definition) is 0. The first-order chi connectivity index (χ1) is 13.2. The topological polar surface area (TPSA) is 56.5 Å². The number of carbonyl (C=O) groups is 1. The smallest absolute Gasteiger partial charge is 0.339 e. The molecule has 0 amide bonds. The van der Waals surface area contributed by atoms with E-state index in [0.29, 0.717) is 22.3 Å². The van der Waals surface area contributed by atoms with Crippen molar-refractivity contribution >= 4 is 16.8 Å². The molecule has 0 saturated carbocycles. The SMILES string of the molecule is O=C(COc1cc(=O)oc2ccccc12)c1ccc(-c2ccccc2)cc1. The summed E-state index contributed by atoms with van der Waals surface area (Å²) < 4.78 is 10.8. The lowest BCUT2D eigenvalue weighted by Gasteiger charge is -2.08. The third-order valence-corrected chi connectivity index (χ3v) is 4.28. The molecule has 4 nitrogen and oxygen atoms in total. The lowest BCUT2D eigenvalue weighted by Crippen LogP contribution is -2.12. The summed E-state index contributed by atoms with van der Waals surface area (Å²) >= 11 is 0. The average Bonchev–Trinajstić information content (AvgIpc) is 2.72. The Bertz CT molecular complexity index is 1140. The Morgan fingerprint density at radius 3 is 2.26 bits per heavy atom. The molecule has 0 unspecified atom stereocenters. The summed E-state index contributed by atoms with van der Waals surface area (Å²) in [7, 11) is 0. The van der Waals surface area contributed by atoms with Crippen LogP contribution in [0.15, 0.2) is 94.1 Å². The van der Waals surface area contributed by atoms with Gasteiger partial charge in [-0.15, -0.1) is 0 Å². The van der Waals surface area contributed by atoms with E-state index in [1.807, 2.05) is 48.5 Å². The van der Waals surface area contributed by atoms with Gasteiger partial charge in [-0.3, -0.25) is 4.79 Å². The van der Waals surface area contributed by atoms with Crippen LogP contribution in [0.25, 0.3) is 22.1 Å². The van der Waals surface area contributed by atoms with Gasteiger partial charge in [0, 0.05) is 5.56 Å². The van der Waals surface area contributed by atoms with E-state index < -0.39 is 5.63 Å². The predicted molar refractivity (Wildman–Crippen MR) is 104 cm³/mol. The van der Waals surface area contributed by atoms with Crippen LogP contribution in [-0.2, 0) is 0 Å². The normalized spacial score (nSPS) is 10.7. The summed E-state index contributed by atoms with van der Waals surface area (Å²) in [5, 5.41) is 0.657. The Morgan fingerprint density at radius 1 is 0.815 bits per heavy atom. The van der Waals surface area contributed by atoms with Gasteiger partial charge >= 0.3 is 5.63 Å². The van der Waals surface area contributed by atoms with Crippen molar-refractivity contribution in [2.75, 3.05) is 6.61 Å². The number of ketones is 1. The van der Waals surface area contributed by atoms with Gasteiger partial charge in [0.2, 0.25) is 0 Å². The molecule has 4 heteroatoms. The standard InChI is InChI=1S/C23H16O4/c24-20(18-12-10-17(11-13-18)16-6-2-1-3-7-16)15-26-22-14-23(25)27-21-9-5-4-8-19(21)22/h1-14H,15H2. The molecular formula is C23H16O4. The highest BCUT2D eigenvalue weighted by Gasteiger charge is 2.11. The van der Waals surface area contributed by atoms with E-state index in [0.717, 1.165) is 11.1 Å². The fourth-order valence-electron chi connectivity index (χ4n) is 2.91. The molecule has 4 aromatic rings. The van der Waals surface area contributed by atoms with Crippen molar-refractivity contribution in [3.8, 4) is 16.9 Å². The number of rotatable bonds is 5. The lowest BCUT2D eigenvalue weighted by atomic mass is 10.0. The van der Waals surface area contributed by atoms with Crippen LogP contribution in [0.2, 0.25) is 0 Å². The Labute approximate surface area is 155 Å². The van der Waals surface area contributed by atoms with E-state index in [-0.39, 0.29) is 12.4 Å². The van der Waals surface area contributed by atoms with Crippen molar-refractivity contribution in [1.29, 1.82) is 0 Å². The van der Waals surface area contributed by atoms with Gasteiger partial charge in [0.25, 0.3) is 0 Å². The molecule has 0 saturated heterocycles. The highest BCUT2D eigenvalue weighted by atomic mass is 16.5. The van der Waals surface area contributed by atoms with Crippen LogP contribution in [0.4, 0.5) is 0 Å². The molecular weight excluding hydrogens is 340 g/mol. The minimum absolute atomic E-state index is 0.155. The first kappa shape index (κ1) is 16.8. The number of fused-ring (bicyclic) bond motifs is 1. The number of carbonyl (C=O) groups excluding carboxylic acids is 1. The summed E-state index contributed by atoms with van der Waals surface area (Å²) in [6.45, 7) is -0.155. The molecule has 0 aliphatic rings. The number of ether oxygens (including phenoxy) is 1. The van der Waals surface area contributed by atoms with Crippen LogP contribution >= 0.6 is 0 Å².